The van der Waals surface area contributed by atoms with Crippen molar-refractivity contribution >= 4 is 44.9 Å². The molecule has 0 radical (unpaired) electrons. The average Bonchev–Trinajstić information content (AvgIpc) is 3.36. The number of amides is 1. The minimum Gasteiger partial charge on any atom is -0.344 e. The highest BCUT2D eigenvalue weighted by molar-refractivity contribution is 7.15. The summed E-state index contributed by atoms with van der Waals surface area (Å²) in [5, 5.41) is 4.14. The average molecular weight is 489 g/mol. The summed E-state index contributed by atoms with van der Waals surface area (Å²) in [5.41, 5.74) is 4.28. The molecule has 0 aliphatic rings. The minimum absolute atomic E-state index is 0.173. The number of nitrogens with zero attached hydrogens (tertiary/aromatic N) is 2. The predicted molar refractivity (Wildman–Crippen MR) is 146 cm³/mol. The van der Waals surface area contributed by atoms with Gasteiger partial charge in [-0.1, -0.05) is 30.3 Å². The van der Waals surface area contributed by atoms with Gasteiger partial charge in [-0.15, -0.1) is 11.3 Å². The molecule has 1 amide bonds. The zero-order valence-corrected chi connectivity index (χ0v) is 20.1. The van der Waals surface area contributed by atoms with Gasteiger partial charge >= 0.3 is 0 Å². The molecule has 0 spiro atoms. The van der Waals surface area contributed by atoms with Crippen molar-refractivity contribution in [3.8, 4) is 21.7 Å². The number of aryl methyl sites for hydroxylation is 1. The predicted octanol–water partition coefficient (Wildman–Crippen LogP) is 6.43. The summed E-state index contributed by atoms with van der Waals surface area (Å²) >= 11 is 1.65. The van der Waals surface area contributed by atoms with E-state index in [0.717, 1.165) is 32.6 Å². The van der Waals surface area contributed by atoms with E-state index in [1.165, 1.54) is 11.1 Å². The standard InChI is InChI=1S/C29H20N4O2S/c1-17-9-12-25(36-17)26-21(19-10-11-23-20(14-19)8-5-13-30-23)15-22-27(34)24(16-31-28(22)33-26)32-29(35)18-6-3-2-4-7-18/h2-16H,1H3,(H,32,35)(H,31,33,34). The number of aromatic amines is 1. The summed E-state index contributed by atoms with van der Waals surface area (Å²) in [6.45, 7) is 2.06. The van der Waals surface area contributed by atoms with E-state index in [2.05, 4.69) is 34.3 Å². The van der Waals surface area contributed by atoms with Gasteiger partial charge in [-0.25, -0.2) is 4.98 Å². The fraction of sp³-hybridized carbons (Fsp3) is 0.0345. The van der Waals surface area contributed by atoms with Crippen molar-refractivity contribution in [1.29, 1.82) is 0 Å². The Kier molecular flexibility index (Phi) is 5.39. The van der Waals surface area contributed by atoms with E-state index < -0.39 is 0 Å². The van der Waals surface area contributed by atoms with Crippen molar-refractivity contribution in [3.05, 3.63) is 112 Å². The van der Waals surface area contributed by atoms with Crippen LogP contribution in [0.15, 0.2) is 96.1 Å². The lowest BCUT2D eigenvalue weighted by molar-refractivity contribution is 0.102. The van der Waals surface area contributed by atoms with Gasteiger partial charge in [0.15, 0.2) is 0 Å². The molecule has 36 heavy (non-hydrogen) atoms. The van der Waals surface area contributed by atoms with Crippen molar-refractivity contribution in [2.75, 3.05) is 5.32 Å². The lowest BCUT2D eigenvalue weighted by Gasteiger charge is -2.12. The lowest BCUT2D eigenvalue weighted by Crippen LogP contribution is -2.19. The van der Waals surface area contributed by atoms with Crippen LogP contribution < -0.4 is 10.7 Å². The van der Waals surface area contributed by atoms with Crippen LogP contribution in [-0.2, 0) is 0 Å². The molecule has 0 unspecified atom stereocenters. The van der Waals surface area contributed by atoms with Crippen molar-refractivity contribution in [3.63, 3.8) is 0 Å². The van der Waals surface area contributed by atoms with E-state index >= 15 is 0 Å². The van der Waals surface area contributed by atoms with Gasteiger partial charge in [0, 0.05) is 33.8 Å². The van der Waals surface area contributed by atoms with Crippen LogP contribution in [-0.4, -0.2) is 20.9 Å². The third-order valence-electron chi connectivity index (χ3n) is 6.04. The van der Waals surface area contributed by atoms with Crippen LogP contribution in [0.25, 0.3) is 43.6 Å². The van der Waals surface area contributed by atoms with E-state index in [-0.39, 0.29) is 17.0 Å². The maximum Gasteiger partial charge on any atom is 0.255 e. The summed E-state index contributed by atoms with van der Waals surface area (Å²) in [4.78, 5) is 40.7. The lowest BCUT2D eigenvalue weighted by atomic mass is 9.99. The fourth-order valence-corrected chi connectivity index (χ4v) is 5.11. The number of nitrogens with one attached hydrogen (secondary N) is 2. The Balaban J connectivity index is 1.53. The first kappa shape index (κ1) is 21.9. The number of hydrogen-bond donors (Lipinski definition) is 2. The third kappa shape index (κ3) is 3.95. The SMILES string of the molecule is Cc1ccc(-c2nc3[nH]cc(NC(=O)c4ccccc4)c(=O)c3cc2-c2ccc3ncccc3c2)s1. The molecule has 6 aromatic rings. The molecule has 0 atom stereocenters. The number of anilines is 1. The van der Waals surface area contributed by atoms with E-state index in [9.17, 15) is 9.59 Å². The molecule has 2 aromatic carbocycles. The van der Waals surface area contributed by atoms with Crippen LogP contribution in [0, 0.1) is 6.92 Å². The van der Waals surface area contributed by atoms with Gasteiger partial charge in [0.25, 0.3) is 5.91 Å². The Hall–Kier alpha value is -4.62. The Morgan fingerprint density at radius 1 is 0.972 bits per heavy atom. The van der Waals surface area contributed by atoms with Gasteiger partial charge in [-0.05, 0) is 61.0 Å². The molecule has 6 rings (SSSR count). The molecular formula is C29H20N4O2S. The summed E-state index contributed by atoms with van der Waals surface area (Å²) in [6.07, 6.45) is 3.27. The molecule has 0 saturated heterocycles. The Morgan fingerprint density at radius 3 is 2.64 bits per heavy atom. The van der Waals surface area contributed by atoms with E-state index in [0.29, 0.717) is 16.6 Å². The zero-order chi connectivity index (χ0) is 24.6. The van der Waals surface area contributed by atoms with Crippen LogP contribution in [0.2, 0.25) is 0 Å². The molecule has 0 aliphatic carbocycles. The molecular weight excluding hydrogens is 468 g/mol. The van der Waals surface area contributed by atoms with Gasteiger partial charge < -0.3 is 10.3 Å². The van der Waals surface area contributed by atoms with E-state index in [1.54, 1.807) is 41.8 Å². The highest BCUT2D eigenvalue weighted by Gasteiger charge is 2.17. The Labute approximate surface area is 210 Å². The smallest absolute Gasteiger partial charge is 0.255 e. The maximum atomic E-state index is 13.5. The number of aromatic nitrogens is 3. The minimum atomic E-state index is -0.346. The molecule has 2 N–H and O–H groups in total. The third-order valence-corrected chi connectivity index (χ3v) is 7.04. The second-order valence-electron chi connectivity index (χ2n) is 8.45. The molecule has 0 aliphatic heterocycles. The topological polar surface area (TPSA) is 87.7 Å². The first-order valence-corrected chi connectivity index (χ1v) is 12.2. The van der Waals surface area contributed by atoms with Crippen molar-refractivity contribution in [2.45, 2.75) is 6.92 Å². The number of fused-ring (bicyclic) bond motifs is 2. The van der Waals surface area contributed by atoms with E-state index in [1.807, 2.05) is 42.5 Å². The van der Waals surface area contributed by atoms with Gasteiger partial charge in [-0.2, -0.15) is 0 Å². The number of H-pyrrole nitrogens is 1. The van der Waals surface area contributed by atoms with Gasteiger partial charge in [0.2, 0.25) is 5.43 Å². The molecule has 4 aromatic heterocycles. The highest BCUT2D eigenvalue weighted by Crippen LogP contribution is 2.37. The summed E-state index contributed by atoms with van der Waals surface area (Å²) in [5.74, 6) is -0.346. The Bertz CT molecular complexity index is 1820. The largest absolute Gasteiger partial charge is 0.344 e. The molecule has 7 heteroatoms. The second kappa shape index (κ2) is 8.87. The van der Waals surface area contributed by atoms with E-state index in [4.69, 9.17) is 4.98 Å². The number of benzene rings is 2. The van der Waals surface area contributed by atoms with Crippen molar-refractivity contribution < 1.29 is 4.79 Å². The Morgan fingerprint density at radius 2 is 1.83 bits per heavy atom. The molecule has 0 saturated carbocycles. The zero-order valence-electron chi connectivity index (χ0n) is 19.3. The molecule has 0 fully saturated rings. The van der Waals surface area contributed by atoms with Crippen LogP contribution >= 0.6 is 11.3 Å². The number of pyridine rings is 3. The number of carbonyl (C=O) groups is 1. The molecule has 0 bridgehead atoms. The summed E-state index contributed by atoms with van der Waals surface area (Å²) < 4.78 is 0. The van der Waals surface area contributed by atoms with Gasteiger partial charge in [0.05, 0.1) is 21.5 Å². The number of hydrogen-bond acceptors (Lipinski definition) is 5. The van der Waals surface area contributed by atoms with Crippen LogP contribution in [0.1, 0.15) is 15.2 Å². The molecule has 4 heterocycles. The van der Waals surface area contributed by atoms with Crippen LogP contribution in [0.4, 0.5) is 5.69 Å². The monoisotopic (exact) mass is 488 g/mol. The second-order valence-corrected chi connectivity index (χ2v) is 9.74. The molecule has 174 valence electrons. The highest BCUT2D eigenvalue weighted by atomic mass is 32.1. The number of thiophene rings is 1. The van der Waals surface area contributed by atoms with Gasteiger partial charge in [0.1, 0.15) is 11.3 Å². The number of carbonyl (C=O) groups excluding carboxylic acids is 1. The van der Waals surface area contributed by atoms with Crippen molar-refractivity contribution in [1.82, 2.24) is 15.0 Å². The van der Waals surface area contributed by atoms with Crippen LogP contribution in [0.3, 0.4) is 0 Å². The summed E-state index contributed by atoms with van der Waals surface area (Å²) in [7, 11) is 0. The molecule has 6 nitrogen and oxygen atoms in total. The fourth-order valence-electron chi connectivity index (χ4n) is 4.24. The first-order chi connectivity index (χ1) is 17.6. The van der Waals surface area contributed by atoms with Gasteiger partial charge in [-0.3, -0.25) is 14.6 Å². The normalized spacial score (nSPS) is 11.1. The summed E-state index contributed by atoms with van der Waals surface area (Å²) in [6, 6.07) is 24.7. The maximum absolute atomic E-state index is 13.5. The van der Waals surface area contributed by atoms with Crippen molar-refractivity contribution in [2.24, 2.45) is 0 Å². The number of rotatable bonds is 4. The van der Waals surface area contributed by atoms with Crippen LogP contribution in [0.5, 0.6) is 0 Å². The quantitative estimate of drug-likeness (QED) is 0.299. The first-order valence-electron chi connectivity index (χ1n) is 11.4.